The van der Waals surface area contributed by atoms with E-state index < -0.39 is 15.7 Å². The number of hydrogen-bond donors (Lipinski definition) is 0. The van der Waals surface area contributed by atoms with E-state index in [0.717, 1.165) is 25.7 Å². The van der Waals surface area contributed by atoms with Gasteiger partial charge in [-0.1, -0.05) is 30.7 Å². The highest BCUT2D eigenvalue weighted by Crippen LogP contribution is 2.30. The summed E-state index contributed by atoms with van der Waals surface area (Å²) in [5.41, 5.74) is 0.472. The molecular formula is C18H22FN5O3S2. The maximum atomic E-state index is 13.5. The fourth-order valence-corrected chi connectivity index (χ4v) is 6.59. The lowest BCUT2D eigenvalue weighted by molar-refractivity contribution is -0.132. The Morgan fingerprint density at radius 1 is 1.24 bits per heavy atom. The summed E-state index contributed by atoms with van der Waals surface area (Å²) in [7, 11) is -3.08. The highest BCUT2D eigenvalue weighted by Gasteiger charge is 2.39. The second-order valence-electron chi connectivity index (χ2n) is 7.44. The molecule has 1 aliphatic carbocycles. The Hall–Kier alpha value is -2.01. The molecule has 2 heterocycles. The summed E-state index contributed by atoms with van der Waals surface area (Å²) < 4.78 is 38.8. The Morgan fingerprint density at radius 2 is 2.03 bits per heavy atom. The topological polar surface area (TPSA) is 98.1 Å². The highest BCUT2D eigenvalue weighted by molar-refractivity contribution is 7.99. The predicted octanol–water partition coefficient (Wildman–Crippen LogP) is 1.85. The van der Waals surface area contributed by atoms with Gasteiger partial charge in [0.2, 0.25) is 11.1 Å². The van der Waals surface area contributed by atoms with Gasteiger partial charge in [0.15, 0.2) is 9.84 Å². The molecule has 0 spiro atoms. The van der Waals surface area contributed by atoms with Crippen LogP contribution < -0.4 is 0 Å². The Labute approximate surface area is 172 Å². The minimum absolute atomic E-state index is 0.0426. The van der Waals surface area contributed by atoms with Crippen molar-refractivity contribution in [2.24, 2.45) is 0 Å². The summed E-state index contributed by atoms with van der Waals surface area (Å²) in [5, 5.41) is 11.9. The van der Waals surface area contributed by atoms with Gasteiger partial charge in [-0.25, -0.2) is 12.8 Å². The lowest BCUT2D eigenvalue weighted by Gasteiger charge is -2.34. The SMILES string of the molecule is O=C(CSc1nnnn1-c1cccc(F)c1)N(C1CCCC1)C1CCS(=O)(=O)C1. The molecule has 4 rings (SSSR count). The van der Waals surface area contributed by atoms with Crippen LogP contribution in [0.25, 0.3) is 5.69 Å². The van der Waals surface area contributed by atoms with E-state index in [1.807, 2.05) is 0 Å². The van der Waals surface area contributed by atoms with E-state index in [4.69, 9.17) is 0 Å². The van der Waals surface area contributed by atoms with Crippen molar-refractivity contribution < 1.29 is 17.6 Å². The van der Waals surface area contributed by atoms with Crippen molar-refractivity contribution >= 4 is 27.5 Å². The molecule has 8 nitrogen and oxygen atoms in total. The molecule has 11 heteroatoms. The number of aromatic nitrogens is 4. The number of hydrogen-bond acceptors (Lipinski definition) is 7. The fraction of sp³-hybridized carbons (Fsp3) is 0.556. The standard InChI is InChI=1S/C18H22FN5O3S2/c19-13-4-3-7-15(10-13)24-18(20-21-22-24)28-11-17(25)23(14-5-1-2-6-14)16-8-9-29(26,27)12-16/h3-4,7,10,14,16H,1-2,5-6,8-9,11-12H2. The molecule has 1 saturated carbocycles. The summed E-state index contributed by atoms with van der Waals surface area (Å²) in [6.45, 7) is 0. The molecule has 1 aromatic carbocycles. The van der Waals surface area contributed by atoms with Crippen molar-refractivity contribution in [2.45, 2.75) is 49.3 Å². The molecule has 1 aromatic heterocycles. The summed E-state index contributed by atoms with van der Waals surface area (Å²) in [4.78, 5) is 14.9. The Balaban J connectivity index is 1.48. The van der Waals surface area contributed by atoms with Gasteiger partial charge in [-0.3, -0.25) is 4.79 Å². The Bertz CT molecular complexity index is 991. The lowest BCUT2D eigenvalue weighted by Crippen LogP contribution is -2.47. The molecular weight excluding hydrogens is 417 g/mol. The van der Waals surface area contributed by atoms with Gasteiger partial charge in [0.1, 0.15) is 5.82 Å². The van der Waals surface area contributed by atoms with E-state index in [2.05, 4.69) is 15.5 Å². The molecule has 1 unspecified atom stereocenters. The molecule has 1 saturated heterocycles. The van der Waals surface area contributed by atoms with Crippen LogP contribution in [-0.2, 0) is 14.6 Å². The van der Waals surface area contributed by atoms with Crippen LogP contribution in [-0.4, -0.2) is 68.8 Å². The third-order valence-corrected chi connectivity index (χ3v) is 8.08. The number of nitrogens with zero attached hydrogens (tertiary/aromatic N) is 5. The van der Waals surface area contributed by atoms with E-state index >= 15 is 0 Å². The normalized spacial score (nSPS) is 21.5. The van der Waals surface area contributed by atoms with Crippen LogP contribution in [0.1, 0.15) is 32.1 Å². The summed E-state index contributed by atoms with van der Waals surface area (Å²) in [6, 6.07) is 5.74. The number of halogens is 1. The molecule has 2 fully saturated rings. The van der Waals surface area contributed by atoms with Crippen molar-refractivity contribution in [3.8, 4) is 5.69 Å². The van der Waals surface area contributed by atoms with Gasteiger partial charge >= 0.3 is 0 Å². The van der Waals surface area contributed by atoms with Crippen LogP contribution >= 0.6 is 11.8 Å². The molecule has 2 aromatic rings. The number of sulfone groups is 1. The maximum absolute atomic E-state index is 13.5. The van der Waals surface area contributed by atoms with Gasteiger partial charge in [0.05, 0.1) is 22.9 Å². The Kier molecular flexibility index (Phi) is 5.86. The van der Waals surface area contributed by atoms with Gasteiger partial charge in [-0.2, -0.15) is 4.68 Å². The second kappa shape index (κ2) is 8.39. The molecule has 1 atom stereocenters. The summed E-state index contributed by atoms with van der Waals surface area (Å²) in [6.07, 6.45) is 4.43. The van der Waals surface area contributed by atoms with Gasteiger partial charge in [0.25, 0.3) is 0 Å². The van der Waals surface area contributed by atoms with Crippen LogP contribution in [0.15, 0.2) is 29.4 Å². The molecule has 1 amide bonds. The fourth-order valence-electron chi connectivity index (χ4n) is 4.12. The van der Waals surface area contributed by atoms with Crippen molar-refractivity contribution in [3.63, 3.8) is 0 Å². The van der Waals surface area contributed by atoms with Crippen LogP contribution in [0, 0.1) is 5.82 Å². The molecule has 2 aliphatic rings. The van der Waals surface area contributed by atoms with E-state index in [0.29, 0.717) is 17.3 Å². The Morgan fingerprint density at radius 3 is 2.72 bits per heavy atom. The van der Waals surface area contributed by atoms with Gasteiger partial charge in [0, 0.05) is 12.1 Å². The maximum Gasteiger partial charge on any atom is 0.233 e. The first-order valence-electron chi connectivity index (χ1n) is 9.62. The zero-order chi connectivity index (χ0) is 20.4. The zero-order valence-corrected chi connectivity index (χ0v) is 17.4. The van der Waals surface area contributed by atoms with Crippen molar-refractivity contribution in [2.75, 3.05) is 17.3 Å². The largest absolute Gasteiger partial charge is 0.335 e. The van der Waals surface area contributed by atoms with Crippen molar-refractivity contribution in [3.05, 3.63) is 30.1 Å². The first kappa shape index (κ1) is 20.3. The summed E-state index contributed by atoms with van der Waals surface area (Å²) in [5.74, 6) is -0.222. The monoisotopic (exact) mass is 439 g/mol. The number of tetrazole rings is 1. The van der Waals surface area contributed by atoms with Crippen molar-refractivity contribution in [1.29, 1.82) is 0 Å². The number of carbonyl (C=O) groups is 1. The van der Waals surface area contributed by atoms with Crippen LogP contribution in [0.4, 0.5) is 4.39 Å². The van der Waals surface area contributed by atoms with Crippen LogP contribution in [0.5, 0.6) is 0 Å². The molecule has 156 valence electrons. The average Bonchev–Trinajstić information content (AvgIpc) is 3.42. The molecule has 0 radical (unpaired) electrons. The number of carbonyl (C=O) groups excluding carboxylic acids is 1. The van der Waals surface area contributed by atoms with E-state index in [1.165, 1.54) is 28.6 Å². The van der Waals surface area contributed by atoms with Crippen LogP contribution in [0.3, 0.4) is 0 Å². The van der Waals surface area contributed by atoms with Gasteiger partial charge < -0.3 is 4.90 Å². The average molecular weight is 440 g/mol. The second-order valence-corrected chi connectivity index (χ2v) is 10.6. The quantitative estimate of drug-likeness (QED) is 0.634. The summed E-state index contributed by atoms with van der Waals surface area (Å²) >= 11 is 1.17. The lowest BCUT2D eigenvalue weighted by atomic mass is 10.1. The van der Waals surface area contributed by atoms with Crippen LogP contribution in [0.2, 0.25) is 0 Å². The predicted molar refractivity (Wildman–Crippen MR) is 106 cm³/mol. The molecule has 1 aliphatic heterocycles. The van der Waals surface area contributed by atoms with Gasteiger partial charge in [-0.05, 0) is 47.9 Å². The third kappa shape index (κ3) is 4.61. The van der Waals surface area contributed by atoms with E-state index in [-0.39, 0.29) is 35.2 Å². The minimum Gasteiger partial charge on any atom is -0.335 e. The minimum atomic E-state index is -3.08. The third-order valence-electron chi connectivity index (χ3n) is 5.43. The first-order valence-corrected chi connectivity index (χ1v) is 12.4. The molecule has 29 heavy (non-hydrogen) atoms. The zero-order valence-electron chi connectivity index (χ0n) is 15.8. The number of amides is 1. The van der Waals surface area contributed by atoms with Gasteiger partial charge in [-0.15, -0.1) is 5.10 Å². The van der Waals surface area contributed by atoms with Crippen molar-refractivity contribution in [1.82, 2.24) is 25.1 Å². The number of benzene rings is 1. The molecule has 0 bridgehead atoms. The first-order chi connectivity index (χ1) is 13.9. The van der Waals surface area contributed by atoms with E-state index in [1.54, 1.807) is 17.0 Å². The highest BCUT2D eigenvalue weighted by atomic mass is 32.2. The van der Waals surface area contributed by atoms with E-state index in [9.17, 15) is 17.6 Å². The smallest absolute Gasteiger partial charge is 0.233 e. The molecule has 0 N–H and O–H groups in total. The number of rotatable bonds is 6. The number of thioether (sulfide) groups is 1.